The van der Waals surface area contributed by atoms with Crippen LogP contribution in [0.4, 0.5) is 21.6 Å². The van der Waals surface area contributed by atoms with Crippen LogP contribution in [0.5, 0.6) is 0 Å². The maximum Gasteiger partial charge on any atom is 0.335 e. The summed E-state index contributed by atoms with van der Waals surface area (Å²) in [5.41, 5.74) is 5.03. The van der Waals surface area contributed by atoms with Crippen LogP contribution in [0.2, 0.25) is 0 Å². The molecule has 0 unspecified atom stereocenters. The molecule has 3 aromatic carbocycles. The summed E-state index contributed by atoms with van der Waals surface area (Å²) in [5.74, 6) is -0.804. The third-order valence-corrected chi connectivity index (χ3v) is 5.58. The SMILES string of the molecule is [C-]#[N+]c1ccc2c(c1)CCCN2c1nc2cc(C(=O)O)ccc2nc1-c1ccc(F)cc1. The average molecular weight is 424 g/mol. The quantitative estimate of drug-likeness (QED) is 0.423. The summed E-state index contributed by atoms with van der Waals surface area (Å²) >= 11 is 0. The molecule has 32 heavy (non-hydrogen) atoms. The fourth-order valence-electron chi connectivity index (χ4n) is 4.04. The van der Waals surface area contributed by atoms with E-state index < -0.39 is 5.97 Å². The van der Waals surface area contributed by atoms with Gasteiger partial charge in [-0.15, -0.1) is 0 Å². The molecule has 1 aromatic heterocycles. The number of aromatic carboxylic acids is 1. The van der Waals surface area contributed by atoms with Gasteiger partial charge < -0.3 is 10.0 Å². The van der Waals surface area contributed by atoms with Crippen molar-refractivity contribution in [2.45, 2.75) is 12.8 Å². The van der Waals surface area contributed by atoms with Crippen LogP contribution in [0.3, 0.4) is 0 Å². The monoisotopic (exact) mass is 424 g/mol. The summed E-state index contributed by atoms with van der Waals surface area (Å²) in [4.78, 5) is 26.7. The highest BCUT2D eigenvalue weighted by molar-refractivity contribution is 5.94. The topological polar surface area (TPSA) is 70.7 Å². The van der Waals surface area contributed by atoms with Crippen molar-refractivity contribution in [2.24, 2.45) is 0 Å². The highest BCUT2D eigenvalue weighted by atomic mass is 19.1. The molecule has 0 fully saturated rings. The Bertz CT molecular complexity index is 1410. The molecule has 0 saturated heterocycles. The van der Waals surface area contributed by atoms with Crippen LogP contribution in [0.25, 0.3) is 27.1 Å². The predicted octanol–water partition coefficient (Wildman–Crippen LogP) is 5.77. The molecule has 0 atom stereocenters. The molecule has 156 valence electrons. The van der Waals surface area contributed by atoms with Gasteiger partial charge in [0.2, 0.25) is 0 Å². The molecule has 1 N–H and O–H groups in total. The van der Waals surface area contributed by atoms with Gasteiger partial charge in [-0.25, -0.2) is 24.0 Å². The van der Waals surface area contributed by atoms with Crippen molar-refractivity contribution in [3.05, 3.63) is 89.0 Å². The Morgan fingerprint density at radius 3 is 2.59 bits per heavy atom. The fourth-order valence-corrected chi connectivity index (χ4v) is 4.04. The number of halogens is 1. The highest BCUT2D eigenvalue weighted by Crippen LogP contribution is 2.39. The molecule has 1 aliphatic rings. The molecule has 0 bridgehead atoms. The summed E-state index contributed by atoms with van der Waals surface area (Å²) in [6.07, 6.45) is 1.72. The number of aryl methyl sites for hydroxylation is 1. The molecule has 2 heterocycles. The first-order chi connectivity index (χ1) is 15.5. The van der Waals surface area contributed by atoms with Crippen molar-refractivity contribution in [2.75, 3.05) is 11.4 Å². The second-order valence-electron chi connectivity index (χ2n) is 7.59. The summed E-state index contributed by atoms with van der Waals surface area (Å²) in [6.45, 7) is 7.99. The van der Waals surface area contributed by atoms with E-state index >= 15 is 0 Å². The van der Waals surface area contributed by atoms with Crippen molar-refractivity contribution in [1.82, 2.24) is 9.97 Å². The van der Waals surface area contributed by atoms with Gasteiger partial charge in [0.25, 0.3) is 0 Å². The lowest BCUT2D eigenvalue weighted by molar-refractivity contribution is 0.0697. The number of fused-ring (bicyclic) bond motifs is 2. The van der Waals surface area contributed by atoms with E-state index in [0.29, 0.717) is 40.3 Å². The fraction of sp³-hybridized carbons (Fsp3) is 0.120. The molecule has 5 rings (SSSR count). The van der Waals surface area contributed by atoms with Crippen LogP contribution in [0.15, 0.2) is 60.7 Å². The lowest BCUT2D eigenvalue weighted by atomic mass is 10.00. The lowest BCUT2D eigenvalue weighted by Gasteiger charge is -2.32. The van der Waals surface area contributed by atoms with Gasteiger partial charge in [0.05, 0.1) is 23.2 Å². The minimum absolute atomic E-state index is 0.132. The molecular weight excluding hydrogens is 407 g/mol. The molecule has 7 heteroatoms. The smallest absolute Gasteiger partial charge is 0.335 e. The van der Waals surface area contributed by atoms with Crippen molar-refractivity contribution in [3.8, 4) is 11.3 Å². The van der Waals surface area contributed by atoms with E-state index in [-0.39, 0.29) is 11.4 Å². The molecule has 6 nitrogen and oxygen atoms in total. The Labute approximate surface area is 183 Å². The van der Waals surface area contributed by atoms with Gasteiger partial charge in [0.15, 0.2) is 11.5 Å². The van der Waals surface area contributed by atoms with Crippen molar-refractivity contribution < 1.29 is 14.3 Å². The van der Waals surface area contributed by atoms with E-state index in [4.69, 9.17) is 16.5 Å². The Kier molecular flexibility index (Phi) is 4.75. The van der Waals surface area contributed by atoms with E-state index in [1.54, 1.807) is 24.3 Å². The van der Waals surface area contributed by atoms with E-state index in [1.165, 1.54) is 24.3 Å². The molecule has 1 aliphatic heterocycles. The number of rotatable bonds is 3. The van der Waals surface area contributed by atoms with Crippen molar-refractivity contribution in [3.63, 3.8) is 0 Å². The van der Waals surface area contributed by atoms with E-state index in [1.807, 2.05) is 17.0 Å². The van der Waals surface area contributed by atoms with Crippen molar-refractivity contribution >= 4 is 34.2 Å². The van der Waals surface area contributed by atoms with Gasteiger partial charge in [-0.3, -0.25) is 0 Å². The number of hydrogen-bond acceptors (Lipinski definition) is 4. The molecular formula is C25H17FN4O2. The van der Waals surface area contributed by atoms with Crippen molar-refractivity contribution in [1.29, 1.82) is 0 Å². The molecule has 0 aliphatic carbocycles. The van der Waals surface area contributed by atoms with E-state index in [2.05, 4.69) is 4.85 Å². The number of aromatic nitrogens is 2. The number of carboxylic acids is 1. The Morgan fingerprint density at radius 2 is 1.84 bits per heavy atom. The van der Waals surface area contributed by atoms with Gasteiger partial charge in [0, 0.05) is 17.8 Å². The Balaban J connectivity index is 1.75. The van der Waals surface area contributed by atoms with E-state index in [9.17, 15) is 14.3 Å². The van der Waals surface area contributed by atoms with Crippen LogP contribution < -0.4 is 4.90 Å². The van der Waals surface area contributed by atoms with Crippen LogP contribution in [0.1, 0.15) is 22.3 Å². The maximum absolute atomic E-state index is 13.6. The second-order valence-corrected chi connectivity index (χ2v) is 7.59. The molecule has 0 amide bonds. The summed E-state index contributed by atoms with van der Waals surface area (Å²) in [6, 6.07) is 16.3. The first-order valence-corrected chi connectivity index (χ1v) is 10.1. The molecule has 0 radical (unpaired) electrons. The summed E-state index contributed by atoms with van der Waals surface area (Å²) in [7, 11) is 0. The number of hydrogen-bond donors (Lipinski definition) is 1. The number of anilines is 2. The first kappa shape index (κ1) is 19.6. The standard InChI is InChI=1S/C25H17FN4O2/c1-27-19-9-11-22-16(13-19)3-2-12-30(22)24-23(15-4-7-18(26)8-5-15)28-20-10-6-17(25(31)32)14-21(20)29-24/h4-11,13-14H,2-3,12H2,(H,31,32). The number of carbonyl (C=O) groups is 1. The lowest BCUT2D eigenvalue weighted by Crippen LogP contribution is -2.26. The minimum atomic E-state index is -1.03. The number of carboxylic acid groups (broad SMARTS) is 1. The minimum Gasteiger partial charge on any atom is -0.478 e. The molecule has 0 spiro atoms. The maximum atomic E-state index is 13.6. The highest BCUT2D eigenvalue weighted by Gasteiger charge is 2.24. The zero-order chi connectivity index (χ0) is 22.2. The molecule has 0 saturated carbocycles. The second kappa shape index (κ2) is 7.75. The van der Waals surface area contributed by atoms with Gasteiger partial charge in [0.1, 0.15) is 11.5 Å². The third-order valence-electron chi connectivity index (χ3n) is 5.58. The summed E-state index contributed by atoms with van der Waals surface area (Å²) in [5, 5.41) is 9.38. The zero-order valence-corrected chi connectivity index (χ0v) is 16.9. The van der Waals surface area contributed by atoms with Gasteiger partial charge >= 0.3 is 5.97 Å². The predicted molar refractivity (Wildman–Crippen MR) is 120 cm³/mol. The third kappa shape index (κ3) is 3.42. The van der Waals surface area contributed by atoms with Crippen LogP contribution in [-0.2, 0) is 6.42 Å². The van der Waals surface area contributed by atoms with Gasteiger partial charge in [-0.05, 0) is 66.9 Å². The van der Waals surface area contributed by atoms with Crippen LogP contribution in [0, 0.1) is 12.4 Å². The number of benzene rings is 3. The largest absolute Gasteiger partial charge is 0.478 e. The van der Waals surface area contributed by atoms with Crippen LogP contribution >= 0.6 is 0 Å². The van der Waals surface area contributed by atoms with E-state index in [0.717, 1.165) is 24.1 Å². The first-order valence-electron chi connectivity index (χ1n) is 10.1. The van der Waals surface area contributed by atoms with Crippen LogP contribution in [-0.4, -0.2) is 27.6 Å². The molecule has 4 aromatic rings. The Morgan fingerprint density at radius 1 is 1.03 bits per heavy atom. The summed E-state index contributed by atoms with van der Waals surface area (Å²) < 4.78 is 13.6. The zero-order valence-electron chi connectivity index (χ0n) is 16.9. The average Bonchev–Trinajstić information content (AvgIpc) is 2.82. The Hall–Kier alpha value is -4.31. The van der Waals surface area contributed by atoms with Gasteiger partial charge in [-0.2, -0.15) is 0 Å². The van der Waals surface area contributed by atoms with Gasteiger partial charge in [-0.1, -0.05) is 12.1 Å². The number of nitrogens with zero attached hydrogens (tertiary/aromatic N) is 4. The normalized spacial score (nSPS) is 12.9.